The topological polar surface area (TPSA) is 58.5 Å². The molecule has 0 amide bonds. The van der Waals surface area contributed by atoms with E-state index in [-0.39, 0.29) is 4.90 Å². The molecule has 0 saturated carbocycles. The molecule has 0 saturated heterocycles. The van der Waals surface area contributed by atoms with Gasteiger partial charge in [0.1, 0.15) is 5.84 Å². The third-order valence-electron chi connectivity index (χ3n) is 3.22. The summed E-state index contributed by atoms with van der Waals surface area (Å²) in [4.78, 5) is 3.95. The highest BCUT2D eigenvalue weighted by Crippen LogP contribution is 2.22. The van der Waals surface area contributed by atoms with Crippen molar-refractivity contribution in [2.24, 2.45) is 4.99 Å². The van der Waals surface area contributed by atoms with Crippen LogP contribution >= 0.6 is 0 Å². The Labute approximate surface area is 116 Å². The van der Waals surface area contributed by atoms with E-state index in [4.69, 9.17) is 0 Å². The van der Waals surface area contributed by atoms with Crippen LogP contribution in [0.5, 0.6) is 0 Å². The molecule has 1 aromatic carbocycles. The number of hydrogen-bond donors (Lipinski definition) is 1. The molecule has 0 spiro atoms. The van der Waals surface area contributed by atoms with E-state index in [0.717, 1.165) is 30.1 Å². The Morgan fingerprint density at radius 2 is 2.10 bits per heavy atom. The number of rotatable bonds is 5. The number of nitrogens with one attached hydrogen (secondary N) is 1. The summed E-state index contributed by atoms with van der Waals surface area (Å²) in [5, 5.41) is 3.13. The minimum atomic E-state index is -4.53. The normalized spacial score (nSPS) is 15.3. The third-order valence-corrected chi connectivity index (χ3v) is 4.60. The average molecular weight is 302 g/mol. The van der Waals surface area contributed by atoms with Crippen molar-refractivity contribution in [2.75, 3.05) is 13.1 Å². The number of aryl methyl sites for hydroxylation is 1. The fourth-order valence-corrected chi connectivity index (χ4v) is 2.90. The highest BCUT2D eigenvalue weighted by Gasteiger charge is 2.27. The van der Waals surface area contributed by atoms with Gasteiger partial charge in [-0.3, -0.25) is 4.99 Å². The lowest BCUT2D eigenvalue weighted by Crippen LogP contribution is -2.21. The Morgan fingerprint density at radius 3 is 2.65 bits per heavy atom. The number of halogens is 2. The number of nitrogens with zero attached hydrogens (tertiary/aromatic N) is 1. The third kappa shape index (κ3) is 2.98. The predicted octanol–water partition coefficient (Wildman–Crippen LogP) is 1.79. The lowest BCUT2D eigenvalue weighted by molar-refractivity contribution is 0.234. The van der Waals surface area contributed by atoms with E-state index >= 15 is 0 Å². The average Bonchev–Trinajstić information content (AvgIpc) is 2.91. The molecule has 0 unspecified atom stereocenters. The van der Waals surface area contributed by atoms with Gasteiger partial charge in [-0.25, -0.2) is 8.42 Å². The first-order valence-electron chi connectivity index (χ1n) is 6.36. The molecule has 1 heterocycles. The Morgan fingerprint density at radius 1 is 1.35 bits per heavy atom. The minimum absolute atomic E-state index is 0.325. The van der Waals surface area contributed by atoms with Gasteiger partial charge < -0.3 is 5.32 Å². The molecule has 0 radical (unpaired) electrons. The van der Waals surface area contributed by atoms with E-state index in [1.165, 1.54) is 12.1 Å². The SMILES string of the molecule is CCc1cc(S(=O)(=O)C(F)F)ccc1CC1=NCCN1. The molecule has 4 nitrogen and oxygen atoms in total. The summed E-state index contributed by atoms with van der Waals surface area (Å²) in [6.07, 6.45) is 1.15. The lowest BCUT2D eigenvalue weighted by Gasteiger charge is -2.11. The van der Waals surface area contributed by atoms with Crippen LogP contribution in [0.15, 0.2) is 28.1 Å². The smallest absolute Gasteiger partial charge is 0.341 e. The fourth-order valence-electron chi connectivity index (χ4n) is 2.13. The molecule has 20 heavy (non-hydrogen) atoms. The van der Waals surface area contributed by atoms with Gasteiger partial charge in [0.25, 0.3) is 0 Å². The van der Waals surface area contributed by atoms with Gasteiger partial charge >= 0.3 is 5.76 Å². The van der Waals surface area contributed by atoms with Crippen LogP contribution in [0.3, 0.4) is 0 Å². The van der Waals surface area contributed by atoms with Crippen molar-refractivity contribution in [3.05, 3.63) is 29.3 Å². The number of amidine groups is 1. The number of sulfone groups is 1. The summed E-state index contributed by atoms with van der Waals surface area (Å²) in [6, 6.07) is 4.18. The largest absolute Gasteiger partial charge is 0.372 e. The molecular formula is C13H16F2N2O2S. The van der Waals surface area contributed by atoms with Crippen molar-refractivity contribution in [3.63, 3.8) is 0 Å². The first-order chi connectivity index (χ1) is 9.45. The van der Waals surface area contributed by atoms with Crippen molar-refractivity contribution in [2.45, 2.75) is 30.4 Å². The molecule has 1 aliphatic heterocycles. The Kier molecular flexibility index (Phi) is 4.37. The summed E-state index contributed by atoms with van der Waals surface area (Å²) in [6.45, 7) is 3.39. The van der Waals surface area contributed by atoms with Crippen LogP contribution in [-0.2, 0) is 22.7 Å². The first kappa shape index (κ1) is 14.9. The Bertz CT molecular complexity index is 627. The quantitative estimate of drug-likeness (QED) is 0.902. The molecule has 7 heteroatoms. The van der Waals surface area contributed by atoms with Crippen molar-refractivity contribution < 1.29 is 17.2 Å². The maximum atomic E-state index is 12.5. The summed E-state index contributed by atoms with van der Waals surface area (Å²) >= 11 is 0. The van der Waals surface area contributed by atoms with Crippen LogP contribution in [0, 0.1) is 0 Å². The molecule has 0 bridgehead atoms. The lowest BCUT2D eigenvalue weighted by atomic mass is 10.0. The summed E-state index contributed by atoms with van der Waals surface area (Å²) in [7, 11) is -4.53. The maximum Gasteiger partial charge on any atom is 0.341 e. The van der Waals surface area contributed by atoms with Crippen LogP contribution in [0.2, 0.25) is 0 Å². The Hall–Kier alpha value is -1.50. The maximum absolute atomic E-state index is 12.5. The highest BCUT2D eigenvalue weighted by molar-refractivity contribution is 7.91. The van der Waals surface area contributed by atoms with E-state index in [2.05, 4.69) is 10.3 Å². The van der Waals surface area contributed by atoms with E-state index in [1.807, 2.05) is 6.92 Å². The van der Waals surface area contributed by atoms with Gasteiger partial charge in [-0.15, -0.1) is 0 Å². The zero-order valence-corrected chi connectivity index (χ0v) is 11.9. The first-order valence-corrected chi connectivity index (χ1v) is 7.91. The van der Waals surface area contributed by atoms with E-state index in [1.54, 1.807) is 6.07 Å². The van der Waals surface area contributed by atoms with Crippen molar-refractivity contribution in [1.29, 1.82) is 0 Å². The number of alkyl halides is 2. The molecule has 110 valence electrons. The van der Waals surface area contributed by atoms with E-state index in [9.17, 15) is 17.2 Å². The van der Waals surface area contributed by atoms with Crippen LogP contribution in [-0.4, -0.2) is 33.1 Å². The second-order valence-electron chi connectivity index (χ2n) is 4.52. The molecule has 1 N–H and O–H groups in total. The second kappa shape index (κ2) is 5.87. The summed E-state index contributed by atoms with van der Waals surface area (Å²) in [5.74, 6) is -2.54. The van der Waals surface area contributed by atoms with Crippen molar-refractivity contribution >= 4 is 15.7 Å². The van der Waals surface area contributed by atoms with Gasteiger partial charge in [0.2, 0.25) is 9.84 Å². The standard InChI is InChI=1S/C13H16F2N2O2S/c1-2-9-7-11(20(18,19)13(14)15)4-3-10(9)8-12-16-5-6-17-12/h3-4,7,13H,2,5-6,8H2,1H3,(H,16,17). The van der Waals surface area contributed by atoms with E-state index in [0.29, 0.717) is 12.8 Å². The molecule has 1 aliphatic rings. The van der Waals surface area contributed by atoms with Gasteiger partial charge in [-0.2, -0.15) is 8.78 Å². The van der Waals surface area contributed by atoms with Crippen molar-refractivity contribution in [3.8, 4) is 0 Å². The highest BCUT2D eigenvalue weighted by atomic mass is 32.2. The van der Waals surface area contributed by atoms with Gasteiger partial charge in [-0.1, -0.05) is 13.0 Å². The molecule has 1 aromatic rings. The number of benzene rings is 1. The van der Waals surface area contributed by atoms with Crippen LogP contribution in [0.1, 0.15) is 18.1 Å². The summed E-state index contributed by atoms with van der Waals surface area (Å²) < 4.78 is 48.0. The molecule has 0 aliphatic carbocycles. The molecular weight excluding hydrogens is 286 g/mol. The molecule has 0 fully saturated rings. The van der Waals surface area contributed by atoms with Gasteiger partial charge in [0, 0.05) is 13.0 Å². The summed E-state index contributed by atoms with van der Waals surface area (Å²) in [5.41, 5.74) is 1.66. The molecule has 0 atom stereocenters. The van der Waals surface area contributed by atoms with Gasteiger partial charge in [0.15, 0.2) is 0 Å². The van der Waals surface area contributed by atoms with Crippen LogP contribution in [0.25, 0.3) is 0 Å². The fraction of sp³-hybridized carbons (Fsp3) is 0.462. The Balaban J connectivity index is 2.33. The van der Waals surface area contributed by atoms with Gasteiger partial charge in [0.05, 0.1) is 11.4 Å². The molecule has 2 rings (SSSR count). The van der Waals surface area contributed by atoms with Crippen LogP contribution in [0.4, 0.5) is 8.78 Å². The molecule has 0 aromatic heterocycles. The zero-order chi connectivity index (χ0) is 14.8. The zero-order valence-electron chi connectivity index (χ0n) is 11.1. The minimum Gasteiger partial charge on any atom is -0.372 e. The number of hydrogen-bond acceptors (Lipinski definition) is 4. The number of aliphatic imine (C=N–C) groups is 1. The monoisotopic (exact) mass is 302 g/mol. The van der Waals surface area contributed by atoms with Crippen LogP contribution < -0.4 is 5.32 Å². The second-order valence-corrected chi connectivity index (χ2v) is 6.44. The van der Waals surface area contributed by atoms with Gasteiger partial charge in [-0.05, 0) is 29.7 Å². The van der Waals surface area contributed by atoms with Crippen molar-refractivity contribution in [1.82, 2.24) is 5.32 Å². The van der Waals surface area contributed by atoms with E-state index < -0.39 is 15.6 Å². The predicted molar refractivity (Wildman–Crippen MR) is 73.0 cm³/mol.